The maximum Gasteiger partial charge on any atom is 0.0484 e. The van der Waals surface area contributed by atoms with E-state index in [2.05, 4.69) is 121 Å². The largest absolute Gasteiger partial charge is 0.135 e. The third-order valence-corrected chi connectivity index (χ3v) is 8.44. The number of hydrogen-bond donors (Lipinski definition) is 0. The lowest BCUT2D eigenvalue weighted by Gasteiger charge is -2.14. The second kappa shape index (κ2) is 8.64. The van der Waals surface area contributed by atoms with E-state index < -0.39 is 0 Å². The normalized spacial score (nSPS) is 11.5. The summed E-state index contributed by atoms with van der Waals surface area (Å²) in [6, 6.07) is 45.5. The van der Waals surface area contributed by atoms with Crippen molar-refractivity contribution < 1.29 is 0 Å². The van der Waals surface area contributed by atoms with E-state index in [0.29, 0.717) is 0 Å². The first-order valence-corrected chi connectivity index (χ1v) is 13.2. The third kappa shape index (κ3) is 3.52. The first-order valence-electron chi connectivity index (χ1n) is 12.0. The molecule has 0 N–H and O–H groups in total. The lowest BCUT2D eigenvalue weighted by Crippen LogP contribution is -1.88. The van der Waals surface area contributed by atoms with Gasteiger partial charge in [-0.2, -0.15) is 0 Å². The molecule has 0 atom stereocenters. The Morgan fingerprint density at radius 3 is 1.94 bits per heavy atom. The van der Waals surface area contributed by atoms with Crippen LogP contribution in [0.2, 0.25) is 5.02 Å². The van der Waals surface area contributed by atoms with E-state index >= 15 is 0 Å². The molecule has 2 heteroatoms. The molecule has 7 rings (SSSR count). The highest BCUT2D eigenvalue weighted by Crippen LogP contribution is 2.41. The van der Waals surface area contributed by atoms with E-state index in [1.54, 1.807) is 0 Å². The molecule has 1 aromatic heterocycles. The predicted molar refractivity (Wildman–Crippen MR) is 158 cm³/mol. The number of hydrogen-bond acceptors (Lipinski definition) is 1. The Morgan fingerprint density at radius 2 is 1.11 bits per heavy atom. The van der Waals surface area contributed by atoms with Gasteiger partial charge in [-0.1, -0.05) is 109 Å². The minimum atomic E-state index is 0.765. The molecule has 0 aliphatic rings. The summed E-state index contributed by atoms with van der Waals surface area (Å²) in [5, 5.41) is 5.84. The highest BCUT2D eigenvalue weighted by Gasteiger charge is 2.13. The third-order valence-electron chi connectivity index (χ3n) is 6.95. The monoisotopic (exact) mass is 496 g/mol. The summed E-state index contributed by atoms with van der Waals surface area (Å²) in [5.41, 5.74) is 7.04. The molecule has 0 radical (unpaired) electrons. The fourth-order valence-corrected chi connectivity index (χ4v) is 6.56. The van der Waals surface area contributed by atoms with Gasteiger partial charge in [0.1, 0.15) is 0 Å². The summed E-state index contributed by atoms with van der Waals surface area (Å²) < 4.78 is 2.61. The molecule has 7 aromatic rings. The van der Waals surface area contributed by atoms with Crippen molar-refractivity contribution in [1.82, 2.24) is 0 Å². The molecule has 0 bridgehead atoms. The standard InChI is InChI=1S/C34H21ClS/c35-31-18-16-24(20-29(31)25-17-19-33-30(21-25)28-12-4-5-15-32(28)36-33)27-14-7-11-23-10-6-13-26(34(23)27)22-8-2-1-3-9-22/h1-21H. The molecule has 170 valence electrons. The Hall–Kier alpha value is -3.91. The molecule has 0 spiro atoms. The fourth-order valence-electron chi connectivity index (χ4n) is 5.25. The minimum Gasteiger partial charge on any atom is -0.135 e. The van der Waals surface area contributed by atoms with E-state index in [0.717, 1.165) is 16.1 Å². The van der Waals surface area contributed by atoms with Crippen LogP contribution in [0.5, 0.6) is 0 Å². The summed E-state index contributed by atoms with van der Waals surface area (Å²) in [5.74, 6) is 0. The molecule has 6 aromatic carbocycles. The van der Waals surface area contributed by atoms with E-state index in [4.69, 9.17) is 11.6 Å². The summed E-state index contributed by atoms with van der Waals surface area (Å²) in [6.07, 6.45) is 0. The molecule has 0 amide bonds. The van der Waals surface area contributed by atoms with Crippen LogP contribution in [0.15, 0.2) is 127 Å². The molecular weight excluding hydrogens is 476 g/mol. The van der Waals surface area contributed by atoms with E-state index in [1.807, 2.05) is 17.4 Å². The second-order valence-electron chi connectivity index (χ2n) is 9.08. The maximum atomic E-state index is 6.81. The Balaban J connectivity index is 1.44. The van der Waals surface area contributed by atoms with Gasteiger partial charge in [-0.25, -0.2) is 0 Å². The Labute approximate surface area is 219 Å². The molecule has 1 heterocycles. The number of halogens is 1. The molecule has 0 aliphatic heterocycles. The quantitative estimate of drug-likeness (QED) is 0.228. The van der Waals surface area contributed by atoms with Crippen molar-refractivity contribution in [2.45, 2.75) is 0 Å². The SMILES string of the molecule is Clc1ccc(-c2cccc3cccc(-c4ccccc4)c23)cc1-c1ccc2sc3ccccc3c2c1. The Kier molecular flexibility index (Phi) is 5.13. The van der Waals surface area contributed by atoms with Crippen LogP contribution in [0.4, 0.5) is 0 Å². The number of benzene rings is 6. The summed E-state index contributed by atoms with van der Waals surface area (Å²) in [7, 11) is 0. The second-order valence-corrected chi connectivity index (χ2v) is 10.6. The number of fused-ring (bicyclic) bond motifs is 4. The van der Waals surface area contributed by atoms with Gasteiger partial charge in [0.2, 0.25) is 0 Å². The van der Waals surface area contributed by atoms with Crippen LogP contribution in [0.1, 0.15) is 0 Å². The number of rotatable bonds is 3. The van der Waals surface area contributed by atoms with Gasteiger partial charge in [0.05, 0.1) is 0 Å². The van der Waals surface area contributed by atoms with Crippen molar-refractivity contribution >= 4 is 53.9 Å². The molecule has 0 fully saturated rings. The van der Waals surface area contributed by atoms with Gasteiger partial charge in [0.15, 0.2) is 0 Å². The molecule has 0 unspecified atom stereocenters. The number of thiophene rings is 1. The molecular formula is C34H21ClS. The average molecular weight is 497 g/mol. The van der Waals surface area contributed by atoms with Crippen LogP contribution in [-0.2, 0) is 0 Å². The van der Waals surface area contributed by atoms with E-state index in [-0.39, 0.29) is 0 Å². The smallest absolute Gasteiger partial charge is 0.0484 e. The summed E-state index contributed by atoms with van der Waals surface area (Å²) in [4.78, 5) is 0. The van der Waals surface area contributed by atoms with Crippen LogP contribution >= 0.6 is 22.9 Å². The molecule has 0 saturated carbocycles. The zero-order chi connectivity index (χ0) is 24.1. The van der Waals surface area contributed by atoms with Crippen molar-refractivity contribution in [2.24, 2.45) is 0 Å². The Bertz CT molecular complexity index is 1890. The van der Waals surface area contributed by atoms with Crippen molar-refractivity contribution in [1.29, 1.82) is 0 Å². The first-order chi connectivity index (χ1) is 17.8. The topological polar surface area (TPSA) is 0 Å². The maximum absolute atomic E-state index is 6.81. The highest BCUT2D eigenvalue weighted by atomic mass is 35.5. The van der Waals surface area contributed by atoms with Crippen LogP contribution < -0.4 is 0 Å². The highest BCUT2D eigenvalue weighted by molar-refractivity contribution is 7.25. The van der Waals surface area contributed by atoms with Gasteiger partial charge in [-0.15, -0.1) is 11.3 Å². The van der Waals surface area contributed by atoms with Gasteiger partial charge in [-0.3, -0.25) is 0 Å². The van der Waals surface area contributed by atoms with Gasteiger partial charge in [0.25, 0.3) is 0 Å². The summed E-state index contributed by atoms with van der Waals surface area (Å²) >= 11 is 8.65. The average Bonchev–Trinajstić information content (AvgIpc) is 3.31. The lowest BCUT2D eigenvalue weighted by molar-refractivity contribution is 1.61. The molecule has 0 nitrogen and oxygen atoms in total. The zero-order valence-electron chi connectivity index (χ0n) is 19.4. The van der Waals surface area contributed by atoms with Gasteiger partial charge in [0, 0.05) is 30.8 Å². The van der Waals surface area contributed by atoms with Crippen LogP contribution in [0, 0.1) is 0 Å². The van der Waals surface area contributed by atoms with Crippen molar-refractivity contribution in [3.05, 3.63) is 132 Å². The van der Waals surface area contributed by atoms with Gasteiger partial charge < -0.3 is 0 Å². The summed E-state index contributed by atoms with van der Waals surface area (Å²) in [6.45, 7) is 0. The molecule has 0 saturated heterocycles. The Morgan fingerprint density at radius 1 is 0.444 bits per heavy atom. The van der Waals surface area contributed by atoms with Gasteiger partial charge in [-0.05, 0) is 68.9 Å². The first kappa shape index (κ1) is 21.4. The van der Waals surface area contributed by atoms with Crippen LogP contribution in [0.3, 0.4) is 0 Å². The van der Waals surface area contributed by atoms with E-state index in [1.165, 1.54) is 53.2 Å². The minimum absolute atomic E-state index is 0.765. The molecule has 0 aliphatic carbocycles. The van der Waals surface area contributed by atoms with Gasteiger partial charge >= 0.3 is 0 Å². The van der Waals surface area contributed by atoms with Crippen molar-refractivity contribution in [3.8, 4) is 33.4 Å². The lowest BCUT2D eigenvalue weighted by atomic mass is 9.90. The zero-order valence-corrected chi connectivity index (χ0v) is 21.0. The van der Waals surface area contributed by atoms with Crippen molar-refractivity contribution in [2.75, 3.05) is 0 Å². The van der Waals surface area contributed by atoms with Crippen LogP contribution in [-0.4, -0.2) is 0 Å². The fraction of sp³-hybridized carbons (Fsp3) is 0. The van der Waals surface area contributed by atoms with Crippen LogP contribution in [0.25, 0.3) is 64.3 Å². The van der Waals surface area contributed by atoms with Crippen molar-refractivity contribution in [3.63, 3.8) is 0 Å². The molecule has 36 heavy (non-hydrogen) atoms. The predicted octanol–water partition coefficient (Wildman–Crippen LogP) is 10.9. The van der Waals surface area contributed by atoms with E-state index in [9.17, 15) is 0 Å².